The summed E-state index contributed by atoms with van der Waals surface area (Å²) in [5, 5.41) is 11.8. The Bertz CT molecular complexity index is 266. The van der Waals surface area contributed by atoms with E-state index < -0.39 is 0 Å². The molecule has 100 valence electrons. The maximum Gasteiger partial charge on any atom is 0.144 e. The molecule has 0 spiro atoms. The van der Waals surface area contributed by atoms with E-state index in [0.29, 0.717) is 11.9 Å². The number of oxime groups is 1. The van der Waals surface area contributed by atoms with Crippen LogP contribution in [0, 0.1) is 5.41 Å². The minimum Gasteiger partial charge on any atom is -0.409 e. The first kappa shape index (κ1) is 14.3. The Hall–Kier alpha value is -0.810. The molecule has 0 radical (unpaired) electrons. The van der Waals surface area contributed by atoms with E-state index in [9.17, 15) is 0 Å². The second kappa shape index (κ2) is 6.21. The van der Waals surface area contributed by atoms with Gasteiger partial charge in [-0.1, -0.05) is 19.0 Å². The first-order chi connectivity index (χ1) is 7.97. The minimum atomic E-state index is -0.232. The van der Waals surface area contributed by atoms with E-state index in [1.54, 1.807) is 0 Å². The molecule has 17 heavy (non-hydrogen) atoms. The van der Waals surface area contributed by atoms with Gasteiger partial charge in [-0.2, -0.15) is 0 Å². The number of hydrogen-bond acceptors (Lipinski definition) is 4. The molecular weight excluding hydrogens is 218 g/mol. The van der Waals surface area contributed by atoms with Crippen molar-refractivity contribution in [2.75, 3.05) is 26.3 Å². The van der Waals surface area contributed by atoms with Crippen molar-refractivity contribution >= 4 is 5.84 Å². The molecule has 0 saturated carbocycles. The quantitative estimate of drug-likeness (QED) is 0.330. The Balaban J connectivity index is 2.31. The number of nitrogens with two attached hydrogens (primary N) is 1. The van der Waals surface area contributed by atoms with Gasteiger partial charge < -0.3 is 15.7 Å². The van der Waals surface area contributed by atoms with Crippen molar-refractivity contribution in [3.05, 3.63) is 0 Å². The molecular formula is C12H25N3O2. The molecule has 1 atom stereocenters. The number of nitrogens with zero attached hydrogens (tertiary/aromatic N) is 2. The van der Waals surface area contributed by atoms with Crippen LogP contribution >= 0.6 is 0 Å². The molecule has 1 aliphatic heterocycles. The predicted molar refractivity (Wildman–Crippen MR) is 68.3 cm³/mol. The fourth-order valence-electron chi connectivity index (χ4n) is 2.08. The molecule has 0 aromatic rings. The molecule has 1 saturated heterocycles. The highest BCUT2D eigenvalue weighted by molar-refractivity contribution is 5.85. The summed E-state index contributed by atoms with van der Waals surface area (Å²) in [6.07, 6.45) is 1.97. The molecule has 0 aromatic carbocycles. The van der Waals surface area contributed by atoms with Gasteiger partial charge in [-0.15, -0.1) is 0 Å². The maximum atomic E-state index is 8.70. The van der Waals surface area contributed by atoms with Crippen LogP contribution in [-0.2, 0) is 4.74 Å². The average Bonchev–Trinajstić information content (AvgIpc) is 2.30. The highest BCUT2D eigenvalue weighted by Crippen LogP contribution is 2.23. The van der Waals surface area contributed by atoms with Crippen molar-refractivity contribution < 1.29 is 9.94 Å². The summed E-state index contributed by atoms with van der Waals surface area (Å²) in [5.41, 5.74) is 5.43. The van der Waals surface area contributed by atoms with E-state index in [2.05, 4.69) is 17.0 Å². The van der Waals surface area contributed by atoms with Gasteiger partial charge in [0.2, 0.25) is 0 Å². The molecule has 1 fully saturated rings. The van der Waals surface area contributed by atoms with E-state index in [4.69, 9.17) is 15.7 Å². The van der Waals surface area contributed by atoms with Crippen LogP contribution in [0.15, 0.2) is 5.16 Å². The van der Waals surface area contributed by atoms with Crippen molar-refractivity contribution in [1.82, 2.24) is 4.90 Å². The van der Waals surface area contributed by atoms with Crippen LogP contribution in [0.1, 0.15) is 33.6 Å². The zero-order valence-corrected chi connectivity index (χ0v) is 11.1. The fourth-order valence-corrected chi connectivity index (χ4v) is 2.08. The standard InChI is InChI=1S/C12H25N3O2/c1-10-9-17-8-7-15(10)6-4-5-12(2,3)11(13)14-16/h10,16H,4-9H2,1-3H3,(H2,13,14). The van der Waals surface area contributed by atoms with Gasteiger partial charge in [0.25, 0.3) is 0 Å². The third kappa shape index (κ3) is 4.16. The number of ether oxygens (including phenoxy) is 1. The van der Waals surface area contributed by atoms with Crippen LogP contribution in [-0.4, -0.2) is 48.3 Å². The lowest BCUT2D eigenvalue weighted by molar-refractivity contribution is -0.00147. The Labute approximate surface area is 104 Å². The molecule has 5 nitrogen and oxygen atoms in total. The summed E-state index contributed by atoms with van der Waals surface area (Å²) in [6, 6.07) is 0.496. The zero-order chi connectivity index (χ0) is 12.9. The van der Waals surface area contributed by atoms with E-state index in [0.717, 1.165) is 39.1 Å². The highest BCUT2D eigenvalue weighted by Gasteiger charge is 2.24. The van der Waals surface area contributed by atoms with E-state index in [1.807, 2.05) is 13.8 Å². The third-order valence-electron chi connectivity index (χ3n) is 3.55. The van der Waals surface area contributed by atoms with Gasteiger partial charge >= 0.3 is 0 Å². The first-order valence-electron chi connectivity index (χ1n) is 6.27. The van der Waals surface area contributed by atoms with Gasteiger partial charge in [0, 0.05) is 18.0 Å². The summed E-state index contributed by atoms with van der Waals surface area (Å²) in [6.45, 7) is 9.90. The van der Waals surface area contributed by atoms with Crippen LogP contribution in [0.25, 0.3) is 0 Å². The Morgan fingerprint density at radius 1 is 1.59 bits per heavy atom. The number of amidine groups is 1. The first-order valence-corrected chi connectivity index (χ1v) is 6.27. The lowest BCUT2D eigenvalue weighted by Crippen LogP contribution is -2.44. The summed E-state index contributed by atoms with van der Waals surface area (Å²) < 4.78 is 5.40. The fraction of sp³-hybridized carbons (Fsp3) is 0.917. The van der Waals surface area contributed by atoms with Gasteiger partial charge in [-0.05, 0) is 26.3 Å². The molecule has 3 N–H and O–H groups in total. The Morgan fingerprint density at radius 2 is 2.29 bits per heavy atom. The summed E-state index contributed by atoms with van der Waals surface area (Å²) in [5.74, 6) is 0.313. The SMILES string of the molecule is CC1COCCN1CCCC(C)(C)C(N)=NO. The molecule has 5 heteroatoms. The molecule has 1 rings (SSSR count). The molecule has 0 bridgehead atoms. The Kier molecular flexibility index (Phi) is 5.21. The Morgan fingerprint density at radius 3 is 2.88 bits per heavy atom. The van der Waals surface area contributed by atoms with Gasteiger partial charge in [-0.25, -0.2) is 0 Å². The lowest BCUT2D eigenvalue weighted by Gasteiger charge is -2.34. The molecule has 0 amide bonds. The molecule has 1 unspecified atom stereocenters. The smallest absolute Gasteiger partial charge is 0.144 e. The maximum absolute atomic E-state index is 8.70. The molecule has 0 aromatic heterocycles. The van der Waals surface area contributed by atoms with Crippen LogP contribution in [0.2, 0.25) is 0 Å². The van der Waals surface area contributed by atoms with Gasteiger partial charge in [0.15, 0.2) is 0 Å². The van der Waals surface area contributed by atoms with Crippen molar-refractivity contribution in [3.8, 4) is 0 Å². The van der Waals surface area contributed by atoms with Crippen molar-refractivity contribution in [2.45, 2.75) is 39.7 Å². The molecule has 0 aliphatic carbocycles. The van der Waals surface area contributed by atoms with Crippen molar-refractivity contribution in [1.29, 1.82) is 0 Å². The second-order valence-corrected chi connectivity index (χ2v) is 5.43. The third-order valence-corrected chi connectivity index (χ3v) is 3.55. The van der Waals surface area contributed by atoms with Crippen LogP contribution in [0.5, 0.6) is 0 Å². The van der Waals surface area contributed by atoms with E-state index in [1.165, 1.54) is 0 Å². The number of morpholine rings is 1. The molecule has 1 aliphatic rings. The minimum absolute atomic E-state index is 0.232. The van der Waals surface area contributed by atoms with Crippen LogP contribution < -0.4 is 5.73 Å². The second-order valence-electron chi connectivity index (χ2n) is 5.43. The molecule has 1 heterocycles. The summed E-state index contributed by atoms with van der Waals surface area (Å²) in [7, 11) is 0. The van der Waals surface area contributed by atoms with Gasteiger partial charge in [-0.3, -0.25) is 4.90 Å². The van der Waals surface area contributed by atoms with E-state index in [-0.39, 0.29) is 5.41 Å². The van der Waals surface area contributed by atoms with Gasteiger partial charge in [0.05, 0.1) is 13.2 Å². The zero-order valence-electron chi connectivity index (χ0n) is 11.1. The van der Waals surface area contributed by atoms with Crippen LogP contribution in [0.3, 0.4) is 0 Å². The topological polar surface area (TPSA) is 71.1 Å². The van der Waals surface area contributed by atoms with Crippen LogP contribution in [0.4, 0.5) is 0 Å². The normalized spacial score (nSPS) is 23.9. The lowest BCUT2D eigenvalue weighted by atomic mass is 9.86. The highest BCUT2D eigenvalue weighted by atomic mass is 16.5. The van der Waals surface area contributed by atoms with Gasteiger partial charge in [0.1, 0.15) is 5.84 Å². The monoisotopic (exact) mass is 243 g/mol. The summed E-state index contributed by atoms with van der Waals surface area (Å²) >= 11 is 0. The van der Waals surface area contributed by atoms with E-state index >= 15 is 0 Å². The largest absolute Gasteiger partial charge is 0.409 e. The average molecular weight is 243 g/mol. The van der Waals surface area contributed by atoms with Crippen molar-refractivity contribution in [3.63, 3.8) is 0 Å². The predicted octanol–water partition coefficient (Wildman–Crippen LogP) is 1.26. The van der Waals surface area contributed by atoms with Crippen molar-refractivity contribution in [2.24, 2.45) is 16.3 Å². The number of hydrogen-bond donors (Lipinski definition) is 2. The number of rotatable bonds is 5. The summed E-state index contributed by atoms with van der Waals surface area (Å²) in [4.78, 5) is 2.44.